The van der Waals surface area contributed by atoms with E-state index in [2.05, 4.69) is 15.7 Å². The largest absolute Gasteiger partial charge is 0.351 e. The van der Waals surface area contributed by atoms with Crippen LogP contribution in [-0.4, -0.2) is 34.8 Å². The zero-order valence-electron chi connectivity index (χ0n) is 14.0. The fourth-order valence-electron chi connectivity index (χ4n) is 3.08. The third kappa shape index (κ3) is 5.65. The molecule has 0 bridgehead atoms. The van der Waals surface area contributed by atoms with Crippen molar-refractivity contribution in [3.05, 3.63) is 53.9 Å². The normalized spacial score (nSPS) is 19.2. The summed E-state index contributed by atoms with van der Waals surface area (Å²) in [5.74, 6) is -1.82. The van der Waals surface area contributed by atoms with Gasteiger partial charge < -0.3 is 10.6 Å². The Balaban J connectivity index is 0.00000169. The van der Waals surface area contributed by atoms with Gasteiger partial charge in [-0.15, -0.1) is 24.8 Å². The molecule has 1 aliphatic rings. The molecule has 2 N–H and O–H groups in total. The number of amides is 1. The van der Waals surface area contributed by atoms with Gasteiger partial charge in [-0.2, -0.15) is 5.10 Å². The molecule has 2 heterocycles. The topological polar surface area (TPSA) is 59.0 Å². The molecule has 0 radical (unpaired) electrons. The van der Waals surface area contributed by atoms with Gasteiger partial charge in [0.05, 0.1) is 0 Å². The first-order valence-corrected chi connectivity index (χ1v) is 8.06. The zero-order valence-corrected chi connectivity index (χ0v) is 15.7. The molecule has 144 valence electrons. The first-order valence-electron chi connectivity index (χ1n) is 8.06. The molecule has 1 saturated heterocycles. The minimum Gasteiger partial charge on any atom is -0.351 e. The average Bonchev–Trinajstić information content (AvgIpc) is 3.10. The Morgan fingerprint density at radius 2 is 2.12 bits per heavy atom. The van der Waals surface area contributed by atoms with E-state index in [1.165, 1.54) is 6.07 Å². The molecule has 1 fully saturated rings. The summed E-state index contributed by atoms with van der Waals surface area (Å²) in [4.78, 5) is 12.2. The Morgan fingerprint density at radius 3 is 2.81 bits per heavy atom. The Morgan fingerprint density at radius 1 is 1.31 bits per heavy atom. The Kier molecular flexibility index (Phi) is 8.98. The van der Waals surface area contributed by atoms with Gasteiger partial charge in [-0.1, -0.05) is 6.07 Å². The van der Waals surface area contributed by atoms with Crippen LogP contribution in [0.2, 0.25) is 0 Å². The van der Waals surface area contributed by atoms with Crippen LogP contribution in [0.1, 0.15) is 24.3 Å². The lowest BCUT2D eigenvalue weighted by atomic mass is 9.86. The number of carbonyl (C=O) groups is 1. The number of halogens is 4. The second kappa shape index (κ2) is 10.4. The monoisotopic (exact) mass is 406 g/mol. The SMILES string of the molecule is Cl.Cl.O=C(CCn1cccn1)NC1CNCCC1c1ccc(F)c(F)c1. The van der Waals surface area contributed by atoms with Crippen molar-refractivity contribution in [2.45, 2.75) is 31.3 Å². The molecule has 0 spiro atoms. The number of carbonyl (C=O) groups excluding carboxylic acids is 1. The lowest BCUT2D eigenvalue weighted by Gasteiger charge is -2.33. The smallest absolute Gasteiger partial charge is 0.222 e. The average molecular weight is 407 g/mol. The first kappa shape index (κ1) is 22.3. The van der Waals surface area contributed by atoms with Crippen molar-refractivity contribution in [3.63, 3.8) is 0 Å². The third-order valence-corrected chi connectivity index (χ3v) is 4.33. The number of rotatable bonds is 5. The van der Waals surface area contributed by atoms with E-state index in [-0.39, 0.29) is 42.7 Å². The van der Waals surface area contributed by atoms with E-state index < -0.39 is 11.6 Å². The number of piperidine rings is 1. The van der Waals surface area contributed by atoms with Crippen molar-refractivity contribution in [3.8, 4) is 0 Å². The van der Waals surface area contributed by atoms with Gasteiger partial charge in [-0.3, -0.25) is 9.48 Å². The fraction of sp³-hybridized carbons (Fsp3) is 0.412. The van der Waals surface area contributed by atoms with E-state index in [0.717, 1.165) is 19.0 Å². The van der Waals surface area contributed by atoms with Gasteiger partial charge in [0.25, 0.3) is 0 Å². The molecule has 2 atom stereocenters. The van der Waals surface area contributed by atoms with Crippen LogP contribution in [0, 0.1) is 11.6 Å². The highest BCUT2D eigenvalue weighted by Crippen LogP contribution is 2.27. The van der Waals surface area contributed by atoms with Crippen LogP contribution >= 0.6 is 24.8 Å². The number of hydrogen-bond donors (Lipinski definition) is 2. The highest BCUT2D eigenvalue weighted by Gasteiger charge is 2.28. The van der Waals surface area contributed by atoms with Crippen molar-refractivity contribution in [1.82, 2.24) is 20.4 Å². The summed E-state index contributed by atoms with van der Waals surface area (Å²) in [5.41, 5.74) is 0.716. The number of benzene rings is 1. The number of aryl methyl sites for hydroxylation is 1. The Bertz CT molecular complexity index is 700. The second-order valence-electron chi connectivity index (χ2n) is 5.97. The van der Waals surface area contributed by atoms with Crippen LogP contribution in [0.25, 0.3) is 0 Å². The van der Waals surface area contributed by atoms with Gasteiger partial charge in [0, 0.05) is 43.9 Å². The fourth-order valence-corrected chi connectivity index (χ4v) is 3.08. The molecule has 5 nitrogen and oxygen atoms in total. The van der Waals surface area contributed by atoms with E-state index in [4.69, 9.17) is 0 Å². The van der Waals surface area contributed by atoms with Crippen molar-refractivity contribution >= 4 is 30.7 Å². The van der Waals surface area contributed by atoms with Gasteiger partial charge in [-0.05, 0) is 36.7 Å². The maximum atomic E-state index is 13.5. The highest BCUT2D eigenvalue weighted by molar-refractivity contribution is 5.85. The molecule has 9 heteroatoms. The lowest BCUT2D eigenvalue weighted by molar-refractivity contribution is -0.122. The zero-order chi connectivity index (χ0) is 16.9. The highest BCUT2D eigenvalue weighted by atomic mass is 35.5. The minimum atomic E-state index is -0.854. The van der Waals surface area contributed by atoms with Gasteiger partial charge in [0.2, 0.25) is 5.91 Å². The molecule has 2 aromatic rings. The summed E-state index contributed by atoms with van der Waals surface area (Å²) >= 11 is 0. The Hall–Kier alpha value is -1.70. The van der Waals surface area contributed by atoms with E-state index in [9.17, 15) is 13.6 Å². The maximum Gasteiger partial charge on any atom is 0.222 e. The summed E-state index contributed by atoms with van der Waals surface area (Å²) in [6.45, 7) is 1.90. The van der Waals surface area contributed by atoms with Crippen LogP contribution in [0.4, 0.5) is 8.78 Å². The van der Waals surface area contributed by atoms with Crippen LogP contribution in [0.3, 0.4) is 0 Å². The molecule has 0 aliphatic carbocycles. The summed E-state index contributed by atoms with van der Waals surface area (Å²) < 4.78 is 28.4. The molecule has 3 rings (SSSR count). The lowest BCUT2D eigenvalue weighted by Crippen LogP contribution is -2.50. The molecular formula is C17H22Cl2F2N4O. The quantitative estimate of drug-likeness (QED) is 0.802. The minimum absolute atomic E-state index is 0. The predicted octanol–water partition coefficient (Wildman–Crippen LogP) is 2.66. The van der Waals surface area contributed by atoms with Crippen LogP contribution in [-0.2, 0) is 11.3 Å². The number of aromatic nitrogens is 2. The summed E-state index contributed by atoms with van der Waals surface area (Å²) in [5, 5.41) is 10.3. The van der Waals surface area contributed by atoms with Crippen LogP contribution in [0.15, 0.2) is 36.7 Å². The summed E-state index contributed by atoms with van der Waals surface area (Å²) in [6, 6.07) is 5.63. The van der Waals surface area contributed by atoms with Gasteiger partial charge in [0.1, 0.15) is 0 Å². The van der Waals surface area contributed by atoms with Crippen LogP contribution < -0.4 is 10.6 Å². The molecule has 1 amide bonds. The Labute approximate surface area is 163 Å². The second-order valence-corrected chi connectivity index (χ2v) is 5.97. The van der Waals surface area contributed by atoms with Gasteiger partial charge in [0.15, 0.2) is 11.6 Å². The van der Waals surface area contributed by atoms with Gasteiger partial charge in [-0.25, -0.2) is 8.78 Å². The molecular weight excluding hydrogens is 385 g/mol. The summed E-state index contributed by atoms with van der Waals surface area (Å²) in [7, 11) is 0. The molecule has 2 unspecified atom stereocenters. The maximum absolute atomic E-state index is 13.5. The number of nitrogens with zero attached hydrogens (tertiary/aromatic N) is 2. The standard InChI is InChI=1S/C17H20F2N4O.2ClH/c18-14-3-2-12(10-15(14)19)13-4-7-20-11-16(13)22-17(24)5-9-23-8-1-6-21-23;;/h1-3,6,8,10,13,16,20H,4-5,7,9,11H2,(H,22,24);2*1H. The molecule has 26 heavy (non-hydrogen) atoms. The number of nitrogens with one attached hydrogen (secondary N) is 2. The van der Waals surface area contributed by atoms with E-state index >= 15 is 0 Å². The van der Waals surface area contributed by atoms with E-state index in [1.54, 1.807) is 23.1 Å². The van der Waals surface area contributed by atoms with Crippen LogP contribution in [0.5, 0.6) is 0 Å². The van der Waals surface area contributed by atoms with E-state index in [1.807, 2.05) is 6.07 Å². The molecule has 1 aliphatic heterocycles. The number of hydrogen-bond acceptors (Lipinski definition) is 3. The van der Waals surface area contributed by atoms with Crippen molar-refractivity contribution in [2.24, 2.45) is 0 Å². The molecule has 0 saturated carbocycles. The molecule has 1 aromatic carbocycles. The van der Waals surface area contributed by atoms with Gasteiger partial charge >= 0.3 is 0 Å². The summed E-state index contributed by atoms with van der Waals surface area (Å²) in [6.07, 6.45) is 4.56. The van der Waals surface area contributed by atoms with Crippen molar-refractivity contribution in [1.29, 1.82) is 0 Å². The van der Waals surface area contributed by atoms with Crippen molar-refractivity contribution < 1.29 is 13.6 Å². The predicted molar refractivity (Wildman–Crippen MR) is 99.9 cm³/mol. The van der Waals surface area contributed by atoms with E-state index in [0.29, 0.717) is 25.1 Å². The first-order chi connectivity index (χ1) is 11.6. The van der Waals surface area contributed by atoms with Crippen molar-refractivity contribution in [2.75, 3.05) is 13.1 Å². The molecule has 1 aromatic heterocycles. The third-order valence-electron chi connectivity index (χ3n) is 4.33.